The van der Waals surface area contributed by atoms with Gasteiger partial charge in [0.2, 0.25) is 0 Å². The molecule has 2 saturated heterocycles. The summed E-state index contributed by atoms with van der Waals surface area (Å²) in [6.45, 7) is 5.02. The molecule has 2 fully saturated rings. The third-order valence-corrected chi connectivity index (χ3v) is 5.10. The number of aliphatic hydroxyl groups excluding tert-OH is 4. The van der Waals surface area contributed by atoms with Crippen molar-refractivity contribution in [3.8, 4) is 0 Å². The van der Waals surface area contributed by atoms with Gasteiger partial charge in [-0.1, -0.05) is 13.8 Å². The second-order valence-corrected chi connectivity index (χ2v) is 6.78. The van der Waals surface area contributed by atoms with Gasteiger partial charge in [0.25, 0.3) is 0 Å². The van der Waals surface area contributed by atoms with Crippen molar-refractivity contribution in [2.75, 3.05) is 19.8 Å². The van der Waals surface area contributed by atoms with Gasteiger partial charge in [0, 0.05) is 18.4 Å². The Morgan fingerprint density at radius 2 is 1.52 bits per heavy atom. The fraction of sp³-hybridized carbons (Fsp3) is 1.00. The molecule has 3 unspecified atom stereocenters. The number of ether oxygens (including phenoxy) is 4. The highest BCUT2D eigenvalue weighted by Crippen LogP contribution is 2.32. The number of rotatable bonds is 6. The van der Waals surface area contributed by atoms with Crippen LogP contribution in [-0.4, -0.2) is 89.4 Å². The Morgan fingerprint density at radius 3 is 2.08 bits per heavy atom. The Balaban J connectivity index is 2.11. The molecular weight excluding hydrogens is 334 g/mol. The number of aliphatic hydroxyl groups is 4. The molecule has 2 aliphatic rings. The quantitative estimate of drug-likeness (QED) is 0.367. The second-order valence-electron chi connectivity index (χ2n) is 6.78. The monoisotopic (exact) mass is 365 g/mol. The molecule has 0 aliphatic carbocycles. The minimum Gasteiger partial charge on any atom is -0.394 e. The van der Waals surface area contributed by atoms with Gasteiger partial charge in [0.1, 0.15) is 12.2 Å². The van der Waals surface area contributed by atoms with E-state index in [1.165, 1.54) is 0 Å². The molecule has 9 heteroatoms. The summed E-state index contributed by atoms with van der Waals surface area (Å²) < 4.78 is 22.6. The molecule has 0 saturated carbocycles. The minimum atomic E-state index is -1.04. The molecule has 0 aromatic rings. The Hall–Kier alpha value is -0.360. The van der Waals surface area contributed by atoms with Crippen LogP contribution in [0.4, 0.5) is 0 Å². The van der Waals surface area contributed by atoms with Crippen LogP contribution >= 0.6 is 0 Å². The number of hydrogen-bond donors (Lipinski definition) is 5. The lowest BCUT2D eigenvalue weighted by molar-refractivity contribution is -0.332. The van der Waals surface area contributed by atoms with E-state index in [1.54, 1.807) is 13.8 Å². The molecule has 2 aliphatic heterocycles. The van der Waals surface area contributed by atoms with Crippen LogP contribution in [-0.2, 0) is 18.9 Å². The average Bonchev–Trinajstić information content (AvgIpc) is 2.61. The summed E-state index contributed by atoms with van der Waals surface area (Å²) in [5, 5.41) is 39.8. The Labute approximate surface area is 147 Å². The molecule has 148 valence electrons. The van der Waals surface area contributed by atoms with Crippen LogP contribution in [0.25, 0.3) is 0 Å². The third-order valence-electron chi connectivity index (χ3n) is 5.10. The predicted octanol–water partition coefficient (Wildman–Crippen LogP) is -1.84. The highest BCUT2D eigenvalue weighted by molar-refractivity contribution is 4.93. The highest BCUT2D eigenvalue weighted by atomic mass is 16.7. The third kappa shape index (κ3) is 4.32. The van der Waals surface area contributed by atoms with Crippen LogP contribution in [0.5, 0.6) is 0 Å². The Bertz CT molecular complexity index is 410. The number of hydrogen-bond acceptors (Lipinski definition) is 9. The molecule has 0 amide bonds. The lowest BCUT2D eigenvalue weighted by Crippen LogP contribution is -2.63. The largest absolute Gasteiger partial charge is 0.394 e. The molecule has 0 aromatic carbocycles. The smallest absolute Gasteiger partial charge is 0.176 e. The van der Waals surface area contributed by atoms with Gasteiger partial charge in [-0.05, 0) is 6.92 Å². The Kier molecular flexibility index (Phi) is 7.56. The summed E-state index contributed by atoms with van der Waals surface area (Å²) in [6.07, 6.45) is -6.00. The highest BCUT2D eigenvalue weighted by Gasteiger charge is 2.48. The summed E-state index contributed by atoms with van der Waals surface area (Å²) in [4.78, 5) is 0. The van der Waals surface area contributed by atoms with Gasteiger partial charge >= 0.3 is 0 Å². The van der Waals surface area contributed by atoms with Crippen molar-refractivity contribution in [1.82, 2.24) is 0 Å². The van der Waals surface area contributed by atoms with Crippen molar-refractivity contribution in [2.45, 2.75) is 69.9 Å². The Morgan fingerprint density at radius 1 is 0.920 bits per heavy atom. The fourth-order valence-corrected chi connectivity index (χ4v) is 3.33. The van der Waals surface area contributed by atoms with Gasteiger partial charge in [-0.3, -0.25) is 0 Å². The van der Waals surface area contributed by atoms with Gasteiger partial charge in [0.05, 0.1) is 37.6 Å². The van der Waals surface area contributed by atoms with Gasteiger partial charge in [-0.25, -0.2) is 0 Å². The van der Waals surface area contributed by atoms with E-state index in [-0.39, 0.29) is 19.1 Å². The predicted molar refractivity (Wildman–Crippen MR) is 86.3 cm³/mol. The van der Waals surface area contributed by atoms with Crippen molar-refractivity contribution >= 4 is 0 Å². The van der Waals surface area contributed by atoms with Crippen LogP contribution in [0.3, 0.4) is 0 Å². The van der Waals surface area contributed by atoms with E-state index < -0.39 is 55.1 Å². The molecular formula is C16H31NO8. The topological polar surface area (TPSA) is 144 Å². The SMILES string of the molecule is CCO[C@H]1O[C@@H](CO)[C@@H](O[C@@H]2OC(CO)[C@H](C)[C@H](O)C2N)C(O)[C@H]1C. The summed E-state index contributed by atoms with van der Waals surface area (Å²) in [5.74, 6) is -0.757. The summed E-state index contributed by atoms with van der Waals surface area (Å²) >= 11 is 0. The summed E-state index contributed by atoms with van der Waals surface area (Å²) in [7, 11) is 0. The molecule has 0 bridgehead atoms. The lowest BCUT2D eigenvalue weighted by Gasteiger charge is -2.47. The van der Waals surface area contributed by atoms with Crippen LogP contribution in [0.1, 0.15) is 20.8 Å². The average molecular weight is 365 g/mol. The summed E-state index contributed by atoms with van der Waals surface area (Å²) in [6, 6.07) is -0.857. The maximum atomic E-state index is 10.6. The first-order chi connectivity index (χ1) is 11.8. The van der Waals surface area contributed by atoms with Crippen molar-refractivity contribution in [2.24, 2.45) is 17.6 Å². The van der Waals surface area contributed by atoms with E-state index in [2.05, 4.69) is 0 Å². The maximum Gasteiger partial charge on any atom is 0.176 e. The van der Waals surface area contributed by atoms with Crippen LogP contribution in [0.2, 0.25) is 0 Å². The van der Waals surface area contributed by atoms with E-state index in [1.807, 2.05) is 6.92 Å². The second kappa shape index (κ2) is 9.03. The molecule has 2 rings (SSSR count). The van der Waals surface area contributed by atoms with E-state index >= 15 is 0 Å². The van der Waals surface area contributed by atoms with Crippen LogP contribution in [0, 0.1) is 11.8 Å². The van der Waals surface area contributed by atoms with Gasteiger partial charge in [-0.15, -0.1) is 0 Å². The standard InChI is InChI=1S/C16H31NO8/c1-4-22-15-8(3)13(21)14(10(6-19)24-15)25-16-11(17)12(20)7(2)9(5-18)23-16/h7-16,18-21H,4-6,17H2,1-3H3/t7-,8+,9?,10-,11?,12-,13?,14+,15-,16-/m0/s1. The normalized spacial score (nSPS) is 48.5. The molecule has 0 radical (unpaired) electrons. The first-order valence-electron chi connectivity index (χ1n) is 8.77. The van der Waals surface area contributed by atoms with E-state index in [4.69, 9.17) is 24.7 Å². The summed E-state index contributed by atoms with van der Waals surface area (Å²) in [5.41, 5.74) is 6.00. The maximum absolute atomic E-state index is 10.6. The van der Waals surface area contributed by atoms with Crippen molar-refractivity contribution in [1.29, 1.82) is 0 Å². The zero-order valence-electron chi connectivity index (χ0n) is 14.9. The first kappa shape index (κ1) is 20.9. The van der Waals surface area contributed by atoms with E-state index in [9.17, 15) is 20.4 Å². The molecule has 6 N–H and O–H groups in total. The van der Waals surface area contributed by atoms with Gasteiger partial charge in [-0.2, -0.15) is 0 Å². The fourth-order valence-electron chi connectivity index (χ4n) is 3.33. The van der Waals surface area contributed by atoms with E-state index in [0.29, 0.717) is 6.61 Å². The zero-order chi connectivity index (χ0) is 18.7. The molecule has 9 nitrogen and oxygen atoms in total. The van der Waals surface area contributed by atoms with Gasteiger partial charge < -0.3 is 45.1 Å². The molecule has 0 spiro atoms. The number of nitrogens with two attached hydrogens (primary N) is 1. The lowest BCUT2D eigenvalue weighted by atomic mass is 9.89. The molecule has 25 heavy (non-hydrogen) atoms. The van der Waals surface area contributed by atoms with Crippen molar-refractivity contribution in [3.63, 3.8) is 0 Å². The molecule has 10 atom stereocenters. The first-order valence-corrected chi connectivity index (χ1v) is 8.77. The van der Waals surface area contributed by atoms with Crippen LogP contribution < -0.4 is 5.73 Å². The van der Waals surface area contributed by atoms with Crippen LogP contribution in [0.15, 0.2) is 0 Å². The van der Waals surface area contributed by atoms with Crippen molar-refractivity contribution in [3.05, 3.63) is 0 Å². The molecule has 2 heterocycles. The van der Waals surface area contributed by atoms with Crippen molar-refractivity contribution < 1.29 is 39.4 Å². The zero-order valence-corrected chi connectivity index (χ0v) is 14.9. The van der Waals surface area contributed by atoms with Gasteiger partial charge in [0.15, 0.2) is 12.6 Å². The van der Waals surface area contributed by atoms with E-state index in [0.717, 1.165) is 0 Å². The minimum absolute atomic E-state index is 0.291. The molecule has 0 aromatic heterocycles.